The van der Waals surface area contributed by atoms with Crippen molar-refractivity contribution in [3.05, 3.63) is 54.2 Å². The molecule has 1 atom stereocenters. The lowest BCUT2D eigenvalue weighted by Gasteiger charge is -2.35. The molecule has 0 aliphatic carbocycles. The molecular formula is C18H22N2O. The Labute approximate surface area is 126 Å². The summed E-state index contributed by atoms with van der Waals surface area (Å²) in [5.41, 5.74) is 1.21. The molecular weight excluding hydrogens is 260 g/mol. The van der Waals surface area contributed by atoms with Gasteiger partial charge >= 0.3 is 0 Å². The number of benzene rings is 1. The highest BCUT2D eigenvalue weighted by Crippen LogP contribution is 2.36. The van der Waals surface area contributed by atoms with E-state index in [0.717, 1.165) is 18.2 Å². The molecule has 0 bridgehead atoms. The number of hydrogen-bond donors (Lipinski definition) is 0. The summed E-state index contributed by atoms with van der Waals surface area (Å²) in [7, 11) is 0. The summed E-state index contributed by atoms with van der Waals surface area (Å²) in [6, 6.07) is 14.5. The van der Waals surface area contributed by atoms with Gasteiger partial charge in [0.15, 0.2) is 0 Å². The van der Waals surface area contributed by atoms with Crippen molar-refractivity contribution in [2.24, 2.45) is 0 Å². The first-order chi connectivity index (χ1) is 10.4. The second-order valence-electron chi connectivity index (χ2n) is 5.45. The fraction of sp³-hybridized carbons (Fsp3) is 0.389. The number of ether oxygens (including phenoxy) is 1. The van der Waals surface area contributed by atoms with Crippen LogP contribution in [0, 0.1) is 0 Å². The summed E-state index contributed by atoms with van der Waals surface area (Å²) >= 11 is 0. The van der Waals surface area contributed by atoms with Gasteiger partial charge in [0.1, 0.15) is 5.75 Å². The zero-order valence-corrected chi connectivity index (χ0v) is 12.5. The third-order valence-electron chi connectivity index (χ3n) is 4.14. The first kappa shape index (κ1) is 14.1. The molecule has 2 heterocycles. The molecule has 3 nitrogen and oxygen atoms in total. The Bertz CT molecular complexity index is 570. The first-order valence-corrected chi connectivity index (χ1v) is 7.80. The molecule has 0 radical (unpaired) electrons. The zero-order valence-electron chi connectivity index (χ0n) is 12.5. The minimum atomic E-state index is 0.427. The Morgan fingerprint density at radius 1 is 1.14 bits per heavy atom. The lowest BCUT2D eigenvalue weighted by molar-refractivity contribution is 0.154. The van der Waals surface area contributed by atoms with Gasteiger partial charge in [-0.2, -0.15) is 0 Å². The van der Waals surface area contributed by atoms with Gasteiger partial charge in [-0.15, -0.1) is 0 Å². The van der Waals surface area contributed by atoms with Crippen LogP contribution in [-0.4, -0.2) is 23.0 Å². The number of rotatable bonds is 4. The van der Waals surface area contributed by atoms with Crippen LogP contribution in [0.25, 0.3) is 0 Å². The summed E-state index contributed by atoms with van der Waals surface area (Å²) in [5, 5.41) is 0. The average molecular weight is 282 g/mol. The standard InChI is InChI=1S/C18H22N2O/c1-2-20-14-7-6-12-17(20)16-11-8-13-19-18(16)21-15-9-4-3-5-10-15/h3-5,8-11,13,17H,2,6-7,12,14H2,1H3. The summed E-state index contributed by atoms with van der Waals surface area (Å²) in [6.45, 7) is 4.47. The maximum atomic E-state index is 6.02. The number of nitrogens with zero attached hydrogens (tertiary/aromatic N) is 2. The van der Waals surface area contributed by atoms with Gasteiger partial charge in [0.25, 0.3) is 0 Å². The first-order valence-electron chi connectivity index (χ1n) is 7.80. The van der Waals surface area contributed by atoms with Crippen molar-refractivity contribution >= 4 is 0 Å². The molecule has 0 amide bonds. The second-order valence-corrected chi connectivity index (χ2v) is 5.45. The van der Waals surface area contributed by atoms with E-state index in [4.69, 9.17) is 4.74 Å². The van der Waals surface area contributed by atoms with Crippen molar-refractivity contribution in [3.8, 4) is 11.6 Å². The number of hydrogen-bond acceptors (Lipinski definition) is 3. The average Bonchev–Trinajstić information content (AvgIpc) is 2.56. The summed E-state index contributed by atoms with van der Waals surface area (Å²) < 4.78 is 6.02. The highest BCUT2D eigenvalue weighted by atomic mass is 16.5. The highest BCUT2D eigenvalue weighted by molar-refractivity contribution is 5.34. The molecule has 3 rings (SSSR count). The third kappa shape index (κ3) is 3.24. The maximum absolute atomic E-state index is 6.02. The molecule has 1 aromatic heterocycles. The molecule has 1 fully saturated rings. The van der Waals surface area contributed by atoms with E-state index in [0.29, 0.717) is 6.04 Å². The summed E-state index contributed by atoms with van der Waals surface area (Å²) in [6.07, 6.45) is 5.56. The fourth-order valence-electron chi connectivity index (χ4n) is 3.06. The third-order valence-corrected chi connectivity index (χ3v) is 4.14. The SMILES string of the molecule is CCN1CCCCC1c1cccnc1Oc1ccccc1. The van der Waals surface area contributed by atoms with Crippen molar-refractivity contribution in [3.63, 3.8) is 0 Å². The Kier molecular flexibility index (Phi) is 4.51. The van der Waals surface area contributed by atoms with Crippen LogP contribution in [0.1, 0.15) is 37.8 Å². The predicted molar refractivity (Wildman–Crippen MR) is 84.6 cm³/mol. The number of likely N-dealkylation sites (tertiary alicyclic amines) is 1. The van der Waals surface area contributed by atoms with Crippen molar-refractivity contribution in [2.45, 2.75) is 32.2 Å². The molecule has 1 aliphatic rings. The van der Waals surface area contributed by atoms with Gasteiger partial charge in [-0.05, 0) is 44.1 Å². The van der Waals surface area contributed by atoms with Crippen LogP contribution < -0.4 is 4.74 Å². The largest absolute Gasteiger partial charge is 0.439 e. The van der Waals surface area contributed by atoms with Gasteiger partial charge in [0.2, 0.25) is 5.88 Å². The fourth-order valence-corrected chi connectivity index (χ4v) is 3.06. The zero-order chi connectivity index (χ0) is 14.5. The van der Waals surface area contributed by atoms with Gasteiger partial charge in [0, 0.05) is 17.8 Å². The van der Waals surface area contributed by atoms with Gasteiger partial charge < -0.3 is 4.74 Å². The van der Waals surface area contributed by atoms with Gasteiger partial charge in [-0.1, -0.05) is 37.6 Å². The van der Waals surface area contributed by atoms with E-state index in [1.807, 2.05) is 36.4 Å². The Balaban J connectivity index is 1.88. The molecule has 1 unspecified atom stereocenters. The topological polar surface area (TPSA) is 25.4 Å². The van der Waals surface area contributed by atoms with Crippen molar-refractivity contribution in [1.29, 1.82) is 0 Å². The van der Waals surface area contributed by atoms with Gasteiger partial charge in [-0.25, -0.2) is 4.98 Å². The molecule has 1 saturated heterocycles. The molecule has 3 heteroatoms. The lowest BCUT2D eigenvalue weighted by Crippen LogP contribution is -2.33. The minimum absolute atomic E-state index is 0.427. The number of para-hydroxylation sites is 1. The van der Waals surface area contributed by atoms with E-state index in [1.54, 1.807) is 6.20 Å². The monoisotopic (exact) mass is 282 g/mol. The van der Waals surface area contributed by atoms with Crippen LogP contribution in [0.15, 0.2) is 48.7 Å². The van der Waals surface area contributed by atoms with Crippen LogP contribution in [0.5, 0.6) is 11.6 Å². The lowest BCUT2D eigenvalue weighted by atomic mass is 9.96. The Hall–Kier alpha value is -1.87. The summed E-state index contributed by atoms with van der Waals surface area (Å²) in [4.78, 5) is 7.00. The van der Waals surface area contributed by atoms with E-state index in [2.05, 4.69) is 22.9 Å². The Morgan fingerprint density at radius 3 is 2.81 bits per heavy atom. The molecule has 1 aliphatic heterocycles. The highest BCUT2D eigenvalue weighted by Gasteiger charge is 2.25. The summed E-state index contributed by atoms with van der Waals surface area (Å²) in [5.74, 6) is 1.59. The van der Waals surface area contributed by atoms with Gasteiger partial charge in [0.05, 0.1) is 0 Å². The number of aromatic nitrogens is 1. The van der Waals surface area contributed by atoms with Crippen LogP contribution in [-0.2, 0) is 0 Å². The van der Waals surface area contributed by atoms with E-state index in [1.165, 1.54) is 31.4 Å². The Morgan fingerprint density at radius 2 is 2.00 bits per heavy atom. The molecule has 21 heavy (non-hydrogen) atoms. The van der Waals surface area contributed by atoms with E-state index in [9.17, 15) is 0 Å². The van der Waals surface area contributed by atoms with Gasteiger partial charge in [-0.3, -0.25) is 4.90 Å². The molecule has 2 aromatic rings. The van der Waals surface area contributed by atoms with Crippen LogP contribution in [0.3, 0.4) is 0 Å². The number of piperidine rings is 1. The molecule has 0 saturated carbocycles. The molecule has 1 aromatic carbocycles. The maximum Gasteiger partial charge on any atom is 0.223 e. The predicted octanol–water partition coefficient (Wildman–Crippen LogP) is 4.42. The number of pyridine rings is 1. The quantitative estimate of drug-likeness (QED) is 0.830. The molecule has 110 valence electrons. The molecule has 0 spiro atoms. The van der Waals surface area contributed by atoms with E-state index in [-0.39, 0.29) is 0 Å². The smallest absolute Gasteiger partial charge is 0.223 e. The minimum Gasteiger partial charge on any atom is -0.439 e. The van der Waals surface area contributed by atoms with E-state index < -0.39 is 0 Å². The van der Waals surface area contributed by atoms with Crippen LogP contribution >= 0.6 is 0 Å². The van der Waals surface area contributed by atoms with Crippen molar-refractivity contribution in [2.75, 3.05) is 13.1 Å². The second kappa shape index (κ2) is 6.72. The van der Waals surface area contributed by atoms with Crippen LogP contribution in [0.2, 0.25) is 0 Å². The molecule has 0 N–H and O–H groups in total. The van der Waals surface area contributed by atoms with Crippen LogP contribution in [0.4, 0.5) is 0 Å². The van der Waals surface area contributed by atoms with Crippen molar-refractivity contribution < 1.29 is 4.74 Å². The van der Waals surface area contributed by atoms with E-state index >= 15 is 0 Å². The van der Waals surface area contributed by atoms with Crippen molar-refractivity contribution in [1.82, 2.24) is 9.88 Å². The normalized spacial score (nSPS) is 19.4.